The summed E-state index contributed by atoms with van der Waals surface area (Å²) in [6.07, 6.45) is 6.72. The number of fused-ring (bicyclic) bond motifs is 4. The van der Waals surface area contributed by atoms with Gasteiger partial charge in [-0.25, -0.2) is 0 Å². The minimum atomic E-state index is -0.934. The molecule has 2 saturated heterocycles. The highest BCUT2D eigenvalue weighted by Crippen LogP contribution is 2.46. The second-order valence-corrected chi connectivity index (χ2v) is 9.46. The fourth-order valence-corrected chi connectivity index (χ4v) is 6.09. The summed E-state index contributed by atoms with van der Waals surface area (Å²) in [5, 5.41) is 11.3. The lowest BCUT2D eigenvalue weighted by atomic mass is 9.84. The van der Waals surface area contributed by atoms with Crippen molar-refractivity contribution in [3.05, 3.63) is 83.8 Å². The van der Waals surface area contributed by atoms with E-state index in [0.29, 0.717) is 25.1 Å². The van der Waals surface area contributed by atoms with Crippen molar-refractivity contribution in [3.63, 3.8) is 0 Å². The van der Waals surface area contributed by atoms with Crippen LogP contribution < -0.4 is 4.90 Å². The first kappa shape index (κ1) is 19.8. The van der Waals surface area contributed by atoms with E-state index in [2.05, 4.69) is 41.3 Å². The van der Waals surface area contributed by atoms with Gasteiger partial charge >= 0.3 is 0 Å². The zero-order chi connectivity index (χ0) is 21.7. The van der Waals surface area contributed by atoms with Crippen molar-refractivity contribution in [3.8, 4) is 0 Å². The van der Waals surface area contributed by atoms with E-state index in [1.807, 2.05) is 29.2 Å². The summed E-state index contributed by atoms with van der Waals surface area (Å²) in [5.41, 5.74) is 3.49. The molecule has 6 rings (SSSR count). The number of piperidine rings is 1. The van der Waals surface area contributed by atoms with Crippen molar-refractivity contribution >= 4 is 17.3 Å². The van der Waals surface area contributed by atoms with Crippen LogP contribution in [0, 0.1) is 0 Å². The number of hydrogen-bond acceptors (Lipinski definition) is 4. The van der Waals surface area contributed by atoms with Crippen LogP contribution in [0.5, 0.6) is 0 Å². The molecule has 5 heteroatoms. The number of anilines is 2. The summed E-state index contributed by atoms with van der Waals surface area (Å²) in [6, 6.07) is 20.6. The van der Waals surface area contributed by atoms with Crippen molar-refractivity contribution in [2.75, 3.05) is 11.4 Å². The molecule has 3 aromatic rings. The molecule has 0 saturated carbocycles. The summed E-state index contributed by atoms with van der Waals surface area (Å²) < 4.78 is 5.56. The molecule has 1 N–H and O–H groups in total. The second kappa shape index (κ2) is 7.61. The van der Waals surface area contributed by atoms with E-state index in [-0.39, 0.29) is 18.0 Å². The van der Waals surface area contributed by atoms with Crippen LogP contribution in [0.25, 0.3) is 0 Å². The highest BCUT2D eigenvalue weighted by atomic mass is 16.4. The molecular formula is C27H28N2O3. The monoisotopic (exact) mass is 428 g/mol. The van der Waals surface area contributed by atoms with Gasteiger partial charge < -0.3 is 9.52 Å². The molecule has 2 bridgehead atoms. The third-order valence-electron chi connectivity index (χ3n) is 7.59. The van der Waals surface area contributed by atoms with E-state index in [9.17, 15) is 9.90 Å². The molecule has 1 amide bonds. The van der Waals surface area contributed by atoms with Gasteiger partial charge in [0.25, 0.3) is 0 Å². The predicted octanol–water partition coefficient (Wildman–Crippen LogP) is 4.56. The molecule has 1 aromatic heterocycles. The largest absolute Gasteiger partial charge is 0.466 e. The Kier molecular flexibility index (Phi) is 4.70. The molecule has 3 atom stereocenters. The van der Waals surface area contributed by atoms with Gasteiger partial charge in [0.2, 0.25) is 5.91 Å². The third kappa shape index (κ3) is 3.19. The number of amides is 1. The Morgan fingerprint density at radius 1 is 0.906 bits per heavy atom. The first-order chi connectivity index (χ1) is 15.6. The predicted molar refractivity (Wildman–Crippen MR) is 123 cm³/mol. The third-order valence-corrected chi connectivity index (χ3v) is 7.59. The van der Waals surface area contributed by atoms with Gasteiger partial charge in [0, 0.05) is 12.1 Å². The van der Waals surface area contributed by atoms with Crippen molar-refractivity contribution in [1.82, 2.24) is 4.90 Å². The van der Waals surface area contributed by atoms with Crippen LogP contribution in [0.15, 0.2) is 71.3 Å². The van der Waals surface area contributed by atoms with Crippen LogP contribution >= 0.6 is 0 Å². The van der Waals surface area contributed by atoms with Crippen molar-refractivity contribution in [1.29, 1.82) is 0 Å². The van der Waals surface area contributed by atoms with Gasteiger partial charge in [0.1, 0.15) is 11.4 Å². The number of rotatable bonds is 3. The van der Waals surface area contributed by atoms with Crippen LogP contribution in [-0.2, 0) is 23.2 Å². The first-order valence-electron chi connectivity index (χ1n) is 11.6. The van der Waals surface area contributed by atoms with E-state index in [1.165, 1.54) is 11.1 Å². The smallest absolute Gasteiger partial charge is 0.245 e. The fraction of sp³-hybridized carbons (Fsp3) is 0.370. The molecule has 5 nitrogen and oxygen atoms in total. The Morgan fingerprint density at radius 2 is 1.50 bits per heavy atom. The molecule has 0 aliphatic carbocycles. The number of hydrogen-bond donors (Lipinski definition) is 1. The molecule has 164 valence electrons. The lowest BCUT2D eigenvalue weighted by molar-refractivity contribution is -0.123. The van der Waals surface area contributed by atoms with Crippen molar-refractivity contribution in [2.24, 2.45) is 0 Å². The number of aliphatic hydroxyl groups is 1. The maximum Gasteiger partial charge on any atom is 0.245 e. The van der Waals surface area contributed by atoms with Gasteiger partial charge in [-0.3, -0.25) is 14.6 Å². The zero-order valence-electron chi connectivity index (χ0n) is 18.1. The maximum atomic E-state index is 13.9. The molecule has 3 aliphatic rings. The maximum absolute atomic E-state index is 13.9. The van der Waals surface area contributed by atoms with E-state index in [1.54, 1.807) is 6.26 Å². The summed E-state index contributed by atoms with van der Waals surface area (Å²) >= 11 is 0. The van der Waals surface area contributed by atoms with E-state index >= 15 is 0 Å². The van der Waals surface area contributed by atoms with E-state index in [0.717, 1.165) is 37.1 Å². The Morgan fingerprint density at radius 3 is 2.06 bits per heavy atom. The Labute approximate surface area is 188 Å². The minimum absolute atomic E-state index is 0.104. The normalized spacial score (nSPS) is 27.0. The number of para-hydroxylation sites is 2. The SMILES string of the molecule is O=C(CN1[C@@H]2CC[C@H]1CC(O)(c1ccco1)C2)N1c2ccccc2CCc2ccccc21. The number of aryl methyl sites for hydroxylation is 2. The average Bonchev–Trinajstić information content (AvgIpc) is 3.38. The van der Waals surface area contributed by atoms with Gasteiger partial charge in [-0.2, -0.15) is 0 Å². The summed E-state index contributed by atoms with van der Waals surface area (Å²) in [4.78, 5) is 18.1. The van der Waals surface area contributed by atoms with Gasteiger partial charge in [0.15, 0.2) is 0 Å². The second-order valence-electron chi connectivity index (χ2n) is 9.46. The number of carbonyl (C=O) groups excluding carboxylic acids is 1. The topological polar surface area (TPSA) is 56.9 Å². The van der Waals surface area contributed by atoms with E-state index in [4.69, 9.17) is 4.42 Å². The summed E-state index contributed by atoms with van der Waals surface area (Å²) in [7, 11) is 0. The van der Waals surface area contributed by atoms with E-state index < -0.39 is 5.60 Å². The van der Waals surface area contributed by atoms with Crippen LogP contribution in [0.1, 0.15) is 42.6 Å². The zero-order valence-corrected chi connectivity index (χ0v) is 18.1. The molecule has 4 heterocycles. The fourth-order valence-electron chi connectivity index (χ4n) is 6.09. The minimum Gasteiger partial charge on any atom is -0.466 e. The van der Waals surface area contributed by atoms with Gasteiger partial charge in [-0.15, -0.1) is 0 Å². The quantitative estimate of drug-likeness (QED) is 0.665. The number of nitrogens with zero attached hydrogens (tertiary/aromatic N) is 2. The highest BCUT2D eigenvalue weighted by molar-refractivity contribution is 6.03. The summed E-state index contributed by atoms with van der Waals surface area (Å²) in [6.45, 7) is 0.367. The Bertz CT molecular complexity index is 1080. The van der Waals surface area contributed by atoms with Gasteiger partial charge in [-0.1, -0.05) is 36.4 Å². The molecule has 1 unspecified atom stereocenters. The van der Waals surface area contributed by atoms with Crippen molar-refractivity contribution < 1.29 is 14.3 Å². The van der Waals surface area contributed by atoms with Gasteiger partial charge in [0.05, 0.1) is 24.2 Å². The van der Waals surface area contributed by atoms with Crippen LogP contribution in [0.3, 0.4) is 0 Å². The first-order valence-corrected chi connectivity index (χ1v) is 11.6. The highest BCUT2D eigenvalue weighted by Gasteiger charge is 2.50. The number of carbonyl (C=O) groups is 1. The molecule has 0 radical (unpaired) electrons. The van der Waals surface area contributed by atoms with Crippen LogP contribution in [0.4, 0.5) is 11.4 Å². The van der Waals surface area contributed by atoms with Crippen LogP contribution in [0.2, 0.25) is 0 Å². The molecule has 32 heavy (non-hydrogen) atoms. The Balaban J connectivity index is 1.30. The Hall–Kier alpha value is -2.89. The molecular weight excluding hydrogens is 400 g/mol. The van der Waals surface area contributed by atoms with Crippen LogP contribution in [-0.4, -0.2) is 34.5 Å². The average molecular weight is 429 g/mol. The molecule has 0 spiro atoms. The van der Waals surface area contributed by atoms with Crippen molar-refractivity contribution in [2.45, 2.75) is 56.2 Å². The summed E-state index contributed by atoms with van der Waals surface area (Å²) in [5.74, 6) is 0.753. The molecule has 2 aromatic carbocycles. The standard InChI is InChI=1S/C27H28N2O3/c30-26(18-28-21-13-14-22(28)17-27(31,16-21)25-10-5-15-32-25)29-23-8-3-1-6-19(23)11-12-20-7-2-4-9-24(20)29/h1-10,15,21-22,31H,11-14,16-18H2/t21-,22+,27?. The lowest BCUT2D eigenvalue weighted by Crippen LogP contribution is -2.52. The lowest BCUT2D eigenvalue weighted by Gasteiger charge is -2.43. The van der Waals surface area contributed by atoms with Gasteiger partial charge in [-0.05, 0) is 73.9 Å². The number of benzene rings is 2. The molecule has 2 fully saturated rings. The number of furan rings is 1. The molecule has 3 aliphatic heterocycles.